The molecule has 8 aromatic carbocycles. The van der Waals surface area contributed by atoms with Crippen LogP contribution in [0.1, 0.15) is 22.3 Å². The Bertz CT molecular complexity index is 2690. The number of fused-ring (bicyclic) bond motifs is 2. The molecule has 9 aromatic rings. The van der Waals surface area contributed by atoms with Crippen molar-refractivity contribution >= 4 is 0 Å². The predicted octanol–water partition coefficient (Wildman–Crippen LogP) is 13.3. The first kappa shape index (κ1) is 33.2. The van der Waals surface area contributed by atoms with E-state index in [4.69, 9.17) is 14.7 Å². The van der Waals surface area contributed by atoms with Gasteiger partial charge in [0.25, 0.3) is 0 Å². The Kier molecular flexibility index (Phi) is 8.38. The lowest BCUT2D eigenvalue weighted by Crippen LogP contribution is -2.34. The lowest BCUT2D eigenvalue weighted by atomic mass is 9.63. The van der Waals surface area contributed by atoms with E-state index in [1.165, 1.54) is 11.1 Å². The van der Waals surface area contributed by atoms with Crippen LogP contribution >= 0.6 is 0 Å². The van der Waals surface area contributed by atoms with Crippen LogP contribution in [0.3, 0.4) is 0 Å². The summed E-state index contributed by atoms with van der Waals surface area (Å²) in [6.07, 6.45) is 0. The fourth-order valence-corrected chi connectivity index (χ4v) is 8.16. The Morgan fingerprint density at radius 2 is 0.714 bits per heavy atom. The number of hydrogen-bond donors (Lipinski definition) is 0. The summed E-state index contributed by atoms with van der Waals surface area (Å²) in [7, 11) is 0. The largest absolute Gasteiger partial charge is 0.457 e. The molecule has 1 aliphatic rings. The van der Waals surface area contributed by atoms with Gasteiger partial charge in [0.2, 0.25) is 0 Å². The van der Waals surface area contributed by atoms with Gasteiger partial charge in [-0.3, -0.25) is 0 Å². The van der Waals surface area contributed by atoms with E-state index in [0.717, 1.165) is 73.0 Å². The minimum Gasteiger partial charge on any atom is -0.457 e. The number of para-hydroxylation sites is 2. The van der Waals surface area contributed by atoms with Gasteiger partial charge in [-0.2, -0.15) is 0 Å². The fourth-order valence-electron chi connectivity index (χ4n) is 8.16. The standard InChI is InChI=1S/C53H36N2O/c1-4-15-40(16-5-1)48-36-49(55-52(54-48)42-17-6-2-7-18-42)41-33-31-38(32-34-41)37-27-29-39(30-28-37)43-19-14-22-45(35-43)53(44-20-8-3-9-21-44)46-23-10-12-25-50(46)56-51-26-13-11-24-47(51)53/h1-36H. The van der Waals surface area contributed by atoms with Crippen LogP contribution in [-0.4, -0.2) is 9.97 Å². The van der Waals surface area contributed by atoms with Crippen LogP contribution in [0.2, 0.25) is 0 Å². The zero-order valence-corrected chi connectivity index (χ0v) is 30.6. The highest BCUT2D eigenvalue weighted by atomic mass is 16.5. The Hall–Kier alpha value is -7.36. The van der Waals surface area contributed by atoms with Crippen LogP contribution in [0, 0.1) is 0 Å². The molecule has 1 aromatic heterocycles. The lowest BCUT2D eigenvalue weighted by Gasteiger charge is -2.41. The molecule has 10 rings (SSSR count). The first-order valence-corrected chi connectivity index (χ1v) is 19.0. The topological polar surface area (TPSA) is 35.0 Å². The fraction of sp³-hybridized carbons (Fsp3) is 0.0189. The average molecular weight is 717 g/mol. The van der Waals surface area contributed by atoms with Crippen molar-refractivity contribution in [2.24, 2.45) is 0 Å². The Balaban J connectivity index is 0.996. The SMILES string of the molecule is c1ccc(-c2cc(-c3ccc(-c4ccc(-c5cccc(C6(c7ccccc7)c7ccccc7Oc7ccccc76)c5)cc4)cc3)nc(-c3ccccc3)n2)cc1. The Morgan fingerprint density at radius 3 is 1.29 bits per heavy atom. The van der Waals surface area contributed by atoms with E-state index in [1.54, 1.807) is 0 Å². The van der Waals surface area contributed by atoms with Gasteiger partial charge in [-0.25, -0.2) is 9.97 Å². The zero-order valence-electron chi connectivity index (χ0n) is 30.6. The van der Waals surface area contributed by atoms with Crippen LogP contribution in [0.25, 0.3) is 56.2 Å². The molecule has 0 radical (unpaired) electrons. The summed E-state index contributed by atoms with van der Waals surface area (Å²) in [5.74, 6) is 2.47. The third-order valence-electron chi connectivity index (χ3n) is 10.9. The Labute approximate surface area is 327 Å². The quantitative estimate of drug-likeness (QED) is 0.165. The summed E-state index contributed by atoms with van der Waals surface area (Å²) >= 11 is 0. The molecule has 0 aliphatic carbocycles. The predicted molar refractivity (Wildman–Crippen MR) is 228 cm³/mol. The molecule has 0 spiro atoms. The molecule has 264 valence electrons. The number of aromatic nitrogens is 2. The molecule has 3 nitrogen and oxygen atoms in total. The van der Waals surface area contributed by atoms with Crippen molar-refractivity contribution in [3.8, 4) is 67.7 Å². The number of rotatable bonds is 7. The molecule has 0 N–H and O–H groups in total. The van der Waals surface area contributed by atoms with Gasteiger partial charge in [-0.1, -0.05) is 194 Å². The van der Waals surface area contributed by atoms with Gasteiger partial charge in [0, 0.05) is 27.8 Å². The van der Waals surface area contributed by atoms with Gasteiger partial charge >= 0.3 is 0 Å². The summed E-state index contributed by atoms with van der Waals surface area (Å²) in [5, 5.41) is 0. The van der Waals surface area contributed by atoms with Crippen molar-refractivity contribution in [2.45, 2.75) is 5.41 Å². The maximum atomic E-state index is 6.52. The molecule has 0 bridgehead atoms. The molecule has 2 heterocycles. The van der Waals surface area contributed by atoms with Gasteiger partial charge in [0.15, 0.2) is 5.82 Å². The van der Waals surface area contributed by atoms with Gasteiger partial charge in [-0.05, 0) is 57.6 Å². The van der Waals surface area contributed by atoms with E-state index in [9.17, 15) is 0 Å². The normalized spacial score (nSPS) is 12.6. The molecular weight excluding hydrogens is 681 g/mol. The van der Waals surface area contributed by atoms with Crippen molar-refractivity contribution in [1.29, 1.82) is 0 Å². The van der Waals surface area contributed by atoms with E-state index < -0.39 is 5.41 Å². The van der Waals surface area contributed by atoms with Crippen molar-refractivity contribution in [3.05, 3.63) is 241 Å². The second-order valence-electron chi connectivity index (χ2n) is 14.1. The van der Waals surface area contributed by atoms with Gasteiger partial charge in [0.05, 0.1) is 16.8 Å². The summed E-state index contributed by atoms with van der Waals surface area (Å²) in [4.78, 5) is 9.97. The second kappa shape index (κ2) is 14.1. The maximum absolute atomic E-state index is 6.52. The van der Waals surface area contributed by atoms with E-state index in [1.807, 2.05) is 48.5 Å². The minimum atomic E-state index is -0.558. The second-order valence-corrected chi connectivity index (χ2v) is 14.1. The smallest absolute Gasteiger partial charge is 0.160 e. The molecule has 3 heteroatoms. The summed E-state index contributed by atoms with van der Waals surface area (Å²) < 4.78 is 6.52. The van der Waals surface area contributed by atoms with Crippen molar-refractivity contribution in [1.82, 2.24) is 9.97 Å². The zero-order chi connectivity index (χ0) is 37.3. The molecule has 0 saturated carbocycles. The molecule has 0 amide bonds. The van der Waals surface area contributed by atoms with E-state index in [0.29, 0.717) is 5.82 Å². The van der Waals surface area contributed by atoms with Crippen LogP contribution in [0.4, 0.5) is 0 Å². The minimum absolute atomic E-state index is 0.558. The van der Waals surface area contributed by atoms with Crippen LogP contribution < -0.4 is 4.74 Å². The molecule has 0 saturated heterocycles. The van der Waals surface area contributed by atoms with Crippen LogP contribution in [0.5, 0.6) is 11.5 Å². The van der Waals surface area contributed by atoms with Crippen molar-refractivity contribution < 1.29 is 4.74 Å². The number of benzene rings is 8. The first-order valence-electron chi connectivity index (χ1n) is 19.0. The molecule has 0 atom stereocenters. The first-order chi connectivity index (χ1) is 27.7. The van der Waals surface area contributed by atoms with Gasteiger partial charge < -0.3 is 4.74 Å². The summed E-state index contributed by atoms with van der Waals surface area (Å²) in [6.45, 7) is 0. The number of hydrogen-bond acceptors (Lipinski definition) is 3. The molecule has 0 fully saturated rings. The number of nitrogens with zero attached hydrogens (tertiary/aromatic N) is 2. The number of ether oxygens (including phenoxy) is 1. The van der Waals surface area contributed by atoms with E-state index >= 15 is 0 Å². The van der Waals surface area contributed by atoms with Gasteiger partial charge in [0.1, 0.15) is 11.5 Å². The monoisotopic (exact) mass is 716 g/mol. The Morgan fingerprint density at radius 1 is 0.304 bits per heavy atom. The molecular formula is C53H36N2O. The van der Waals surface area contributed by atoms with E-state index in [-0.39, 0.29) is 0 Å². The maximum Gasteiger partial charge on any atom is 0.160 e. The van der Waals surface area contributed by atoms with Crippen molar-refractivity contribution in [2.75, 3.05) is 0 Å². The van der Waals surface area contributed by atoms with Crippen LogP contribution in [-0.2, 0) is 5.41 Å². The molecule has 1 aliphatic heterocycles. The highest BCUT2D eigenvalue weighted by Gasteiger charge is 2.45. The van der Waals surface area contributed by atoms with Crippen molar-refractivity contribution in [3.63, 3.8) is 0 Å². The molecule has 0 unspecified atom stereocenters. The van der Waals surface area contributed by atoms with Crippen LogP contribution in [0.15, 0.2) is 218 Å². The average Bonchev–Trinajstić information content (AvgIpc) is 3.29. The summed E-state index contributed by atoms with van der Waals surface area (Å²) in [6, 6.07) is 76.8. The third kappa shape index (κ3) is 5.87. The highest BCUT2D eigenvalue weighted by Crippen LogP contribution is 2.55. The summed E-state index contributed by atoms with van der Waals surface area (Å²) in [5.41, 5.74) is 13.6. The highest BCUT2D eigenvalue weighted by molar-refractivity contribution is 5.77. The van der Waals surface area contributed by atoms with E-state index in [2.05, 4.69) is 170 Å². The molecule has 56 heavy (non-hydrogen) atoms. The lowest BCUT2D eigenvalue weighted by molar-refractivity contribution is 0.434. The third-order valence-corrected chi connectivity index (χ3v) is 10.9. The van der Waals surface area contributed by atoms with Gasteiger partial charge in [-0.15, -0.1) is 0 Å².